The molecule has 0 radical (unpaired) electrons. The molecular formula is C29H23F4N5O3. The number of amides is 3. The molecule has 0 unspecified atom stereocenters. The smallest absolute Gasteiger partial charge is 0.252 e. The molecule has 2 aromatic carbocycles. The third-order valence-corrected chi connectivity index (χ3v) is 7.04. The van der Waals surface area contributed by atoms with Gasteiger partial charge in [0.2, 0.25) is 11.8 Å². The van der Waals surface area contributed by atoms with Crippen LogP contribution in [0.15, 0.2) is 66.9 Å². The van der Waals surface area contributed by atoms with Crippen LogP contribution in [0, 0.1) is 23.0 Å². The molecular weight excluding hydrogens is 542 g/mol. The van der Waals surface area contributed by atoms with Crippen LogP contribution in [0.2, 0.25) is 0 Å². The van der Waals surface area contributed by atoms with Crippen LogP contribution >= 0.6 is 0 Å². The standard InChI is InChI=1S/C29H23F4N5O3/c30-19-11-20(31)13-22(12-19)37(26(18-4-2-1-3-5-18)27(40)36-21-14-29(32,33)15-21)28(41)23-6-7-25(39)38(23)24-10-17(16-34)8-9-35-24/h1-5,8-13,21,23,26H,6-7,14-15H2,(H,36,40)/t23-,26-/m0/s1. The molecule has 8 nitrogen and oxygen atoms in total. The lowest BCUT2D eigenvalue weighted by Gasteiger charge is -2.39. The fourth-order valence-electron chi connectivity index (χ4n) is 5.16. The zero-order valence-corrected chi connectivity index (χ0v) is 21.4. The molecule has 2 fully saturated rings. The normalized spacial score (nSPS) is 18.8. The van der Waals surface area contributed by atoms with Gasteiger partial charge in [-0.15, -0.1) is 0 Å². The van der Waals surface area contributed by atoms with E-state index in [1.165, 1.54) is 30.5 Å². The van der Waals surface area contributed by atoms with E-state index in [-0.39, 0.29) is 35.5 Å². The van der Waals surface area contributed by atoms with Crippen molar-refractivity contribution in [3.8, 4) is 6.07 Å². The summed E-state index contributed by atoms with van der Waals surface area (Å²) in [5.41, 5.74) is 0.117. The third kappa shape index (κ3) is 5.75. The Hall–Kier alpha value is -4.79. The van der Waals surface area contributed by atoms with Crippen LogP contribution in [-0.2, 0) is 14.4 Å². The van der Waals surface area contributed by atoms with Crippen molar-refractivity contribution in [3.05, 3.63) is 89.6 Å². The molecule has 41 heavy (non-hydrogen) atoms. The summed E-state index contributed by atoms with van der Waals surface area (Å²) in [6.45, 7) is 0. The fraction of sp³-hybridized carbons (Fsp3) is 0.276. The number of aromatic nitrogens is 1. The first kappa shape index (κ1) is 27.8. The molecule has 12 heteroatoms. The van der Waals surface area contributed by atoms with E-state index in [4.69, 9.17) is 0 Å². The van der Waals surface area contributed by atoms with Gasteiger partial charge in [0, 0.05) is 37.6 Å². The first-order valence-corrected chi connectivity index (χ1v) is 12.8. The summed E-state index contributed by atoms with van der Waals surface area (Å²) in [5.74, 6) is -7.13. The van der Waals surface area contributed by atoms with Gasteiger partial charge in [-0.25, -0.2) is 22.5 Å². The van der Waals surface area contributed by atoms with Gasteiger partial charge < -0.3 is 5.32 Å². The Morgan fingerprint density at radius 2 is 1.76 bits per heavy atom. The molecule has 5 rings (SSSR count). The van der Waals surface area contributed by atoms with Gasteiger partial charge in [-0.1, -0.05) is 30.3 Å². The molecule has 210 valence electrons. The number of hydrogen-bond acceptors (Lipinski definition) is 5. The van der Waals surface area contributed by atoms with Gasteiger partial charge >= 0.3 is 0 Å². The lowest BCUT2D eigenvalue weighted by Crippen LogP contribution is -2.56. The lowest BCUT2D eigenvalue weighted by molar-refractivity contribution is -0.133. The maximum absolute atomic E-state index is 14.5. The number of carbonyl (C=O) groups is 3. The highest BCUT2D eigenvalue weighted by atomic mass is 19.3. The van der Waals surface area contributed by atoms with Crippen LogP contribution in [0.5, 0.6) is 0 Å². The van der Waals surface area contributed by atoms with E-state index in [1.807, 2.05) is 6.07 Å². The largest absolute Gasteiger partial charge is 0.351 e. The Labute approximate surface area is 232 Å². The van der Waals surface area contributed by atoms with Crippen LogP contribution in [0.25, 0.3) is 0 Å². The predicted molar refractivity (Wildman–Crippen MR) is 139 cm³/mol. The van der Waals surface area contributed by atoms with Crippen LogP contribution in [0.3, 0.4) is 0 Å². The highest BCUT2D eigenvalue weighted by molar-refractivity contribution is 6.10. The summed E-state index contributed by atoms with van der Waals surface area (Å²) in [5, 5.41) is 11.8. The second-order valence-corrected chi connectivity index (χ2v) is 9.95. The average Bonchev–Trinajstić information content (AvgIpc) is 3.31. The van der Waals surface area contributed by atoms with Crippen molar-refractivity contribution in [3.63, 3.8) is 0 Å². The number of alkyl halides is 2. The monoisotopic (exact) mass is 565 g/mol. The quantitative estimate of drug-likeness (QED) is 0.427. The molecule has 1 aliphatic heterocycles. The molecule has 0 bridgehead atoms. The number of nitrogens with zero attached hydrogens (tertiary/aromatic N) is 4. The van der Waals surface area contributed by atoms with Crippen molar-refractivity contribution in [2.24, 2.45) is 0 Å². The number of benzene rings is 2. The second kappa shape index (κ2) is 11.0. The van der Waals surface area contributed by atoms with Crippen molar-refractivity contribution in [1.29, 1.82) is 5.26 Å². The Balaban J connectivity index is 1.60. The van der Waals surface area contributed by atoms with Crippen molar-refractivity contribution >= 4 is 29.2 Å². The second-order valence-electron chi connectivity index (χ2n) is 9.95. The number of carbonyl (C=O) groups excluding carboxylic acids is 3. The minimum absolute atomic E-state index is 0.0115. The summed E-state index contributed by atoms with van der Waals surface area (Å²) in [4.78, 5) is 47.1. The zero-order chi connectivity index (χ0) is 29.3. The Morgan fingerprint density at radius 3 is 2.39 bits per heavy atom. The average molecular weight is 566 g/mol. The van der Waals surface area contributed by atoms with Gasteiger partial charge in [-0.3, -0.25) is 24.2 Å². The topological polar surface area (TPSA) is 106 Å². The molecule has 3 aromatic rings. The van der Waals surface area contributed by atoms with Gasteiger partial charge in [0.1, 0.15) is 29.5 Å². The molecule has 3 amide bonds. The number of nitriles is 1. The van der Waals surface area contributed by atoms with Gasteiger partial charge in [0.15, 0.2) is 0 Å². The summed E-state index contributed by atoms with van der Waals surface area (Å²) in [7, 11) is 0. The lowest BCUT2D eigenvalue weighted by atomic mass is 9.87. The third-order valence-electron chi connectivity index (χ3n) is 7.04. The van der Waals surface area contributed by atoms with Crippen LogP contribution < -0.4 is 15.1 Å². The van der Waals surface area contributed by atoms with Gasteiger partial charge in [-0.2, -0.15) is 5.26 Å². The van der Waals surface area contributed by atoms with E-state index in [0.717, 1.165) is 21.9 Å². The first-order chi connectivity index (χ1) is 19.6. The Bertz CT molecular complexity index is 1520. The molecule has 1 aromatic heterocycles. The maximum atomic E-state index is 14.5. The summed E-state index contributed by atoms with van der Waals surface area (Å²) in [6, 6.07) is 11.3. The van der Waals surface area contributed by atoms with E-state index < -0.39 is 66.2 Å². The minimum Gasteiger partial charge on any atom is -0.351 e. The number of anilines is 2. The van der Waals surface area contributed by atoms with Crippen LogP contribution in [0.4, 0.5) is 29.1 Å². The molecule has 2 heterocycles. The SMILES string of the molecule is N#Cc1ccnc(N2C(=O)CC[C@H]2C(=O)N(c2cc(F)cc(F)c2)[C@H](C(=O)NC2CC(F)(F)C2)c2ccccc2)c1. The van der Waals surface area contributed by atoms with E-state index >= 15 is 0 Å². The van der Waals surface area contributed by atoms with Gasteiger partial charge in [0.25, 0.3) is 11.8 Å². The molecule has 1 saturated carbocycles. The van der Waals surface area contributed by atoms with Crippen molar-refractivity contribution in [2.75, 3.05) is 9.80 Å². The van der Waals surface area contributed by atoms with E-state index in [2.05, 4.69) is 10.3 Å². The maximum Gasteiger partial charge on any atom is 0.252 e. The highest BCUT2D eigenvalue weighted by Gasteiger charge is 2.48. The van der Waals surface area contributed by atoms with Crippen molar-refractivity contribution in [1.82, 2.24) is 10.3 Å². The van der Waals surface area contributed by atoms with E-state index in [0.29, 0.717) is 6.07 Å². The zero-order valence-electron chi connectivity index (χ0n) is 21.4. The molecule has 1 saturated heterocycles. The molecule has 2 atom stereocenters. The highest BCUT2D eigenvalue weighted by Crippen LogP contribution is 2.39. The number of nitrogens with one attached hydrogen (secondary N) is 1. The number of rotatable bonds is 7. The van der Waals surface area contributed by atoms with Crippen molar-refractivity contribution in [2.45, 2.75) is 49.7 Å². The number of hydrogen-bond donors (Lipinski definition) is 1. The van der Waals surface area contributed by atoms with Crippen LogP contribution in [0.1, 0.15) is 42.9 Å². The first-order valence-electron chi connectivity index (χ1n) is 12.8. The van der Waals surface area contributed by atoms with Crippen molar-refractivity contribution < 1.29 is 31.9 Å². The fourth-order valence-corrected chi connectivity index (χ4v) is 5.16. The summed E-state index contributed by atoms with van der Waals surface area (Å²) < 4.78 is 56.0. The minimum atomic E-state index is -2.93. The Kier molecular flexibility index (Phi) is 7.45. The summed E-state index contributed by atoms with van der Waals surface area (Å²) >= 11 is 0. The van der Waals surface area contributed by atoms with Gasteiger partial charge in [-0.05, 0) is 36.2 Å². The molecule has 1 N–H and O–H groups in total. The van der Waals surface area contributed by atoms with E-state index in [9.17, 15) is 37.2 Å². The summed E-state index contributed by atoms with van der Waals surface area (Å²) in [6.07, 6.45) is 0.0422. The molecule has 2 aliphatic rings. The van der Waals surface area contributed by atoms with E-state index in [1.54, 1.807) is 18.2 Å². The van der Waals surface area contributed by atoms with Crippen LogP contribution in [-0.4, -0.2) is 40.7 Å². The number of pyridine rings is 1. The number of halogens is 4. The molecule has 0 spiro atoms. The molecule has 1 aliphatic carbocycles. The van der Waals surface area contributed by atoms with Gasteiger partial charge in [0.05, 0.1) is 17.3 Å². The predicted octanol–water partition coefficient (Wildman–Crippen LogP) is 4.42. The Morgan fingerprint density at radius 1 is 1.07 bits per heavy atom.